The second-order valence-corrected chi connectivity index (χ2v) is 8.51. The molecule has 1 aromatic heterocycles. The predicted molar refractivity (Wildman–Crippen MR) is 112 cm³/mol. The van der Waals surface area contributed by atoms with Crippen LogP contribution in [0.1, 0.15) is 32.9 Å². The van der Waals surface area contributed by atoms with E-state index in [9.17, 15) is 9.90 Å². The molecule has 150 valence electrons. The average Bonchev–Trinajstić information content (AvgIpc) is 3.05. The van der Waals surface area contributed by atoms with Gasteiger partial charge in [0, 0.05) is 24.0 Å². The summed E-state index contributed by atoms with van der Waals surface area (Å²) in [5.74, 6) is 5.96. The van der Waals surface area contributed by atoms with Gasteiger partial charge in [0.15, 0.2) is 5.84 Å². The molecule has 0 saturated carbocycles. The van der Waals surface area contributed by atoms with E-state index in [1.165, 1.54) is 4.90 Å². The number of carboxylic acid groups (broad SMARTS) is 1. The van der Waals surface area contributed by atoms with Crippen LogP contribution in [-0.2, 0) is 0 Å². The Morgan fingerprint density at radius 3 is 2.71 bits per heavy atom. The first kappa shape index (κ1) is 20.0. The van der Waals surface area contributed by atoms with Crippen LogP contribution < -0.4 is 16.9 Å². The number of hydrogen-bond acceptors (Lipinski definition) is 5. The quantitative estimate of drug-likeness (QED) is 0.269. The maximum atomic E-state index is 11.7. The number of benzene rings is 1. The van der Waals surface area contributed by atoms with Gasteiger partial charge in [-0.15, -0.1) is 0 Å². The minimum absolute atomic E-state index is 0.107. The first-order chi connectivity index (χ1) is 13.1. The Labute approximate surface area is 168 Å². The lowest BCUT2D eigenvalue weighted by Crippen LogP contribution is -2.42. The summed E-state index contributed by atoms with van der Waals surface area (Å²) in [4.78, 5) is 17.8. The highest BCUT2D eigenvalue weighted by atomic mass is 35.5. The van der Waals surface area contributed by atoms with Crippen molar-refractivity contribution in [2.75, 3.05) is 11.9 Å². The fourth-order valence-electron chi connectivity index (χ4n) is 3.73. The molecule has 1 aliphatic rings. The summed E-state index contributed by atoms with van der Waals surface area (Å²) in [7, 11) is 0. The number of hydrazone groups is 1. The Morgan fingerprint density at radius 1 is 1.43 bits per heavy atom. The zero-order valence-corrected chi connectivity index (χ0v) is 16.9. The topological polar surface area (TPSA) is 130 Å². The fourth-order valence-corrected chi connectivity index (χ4v) is 4.01. The molecule has 2 aromatic rings. The minimum atomic E-state index is -0.923. The zero-order chi connectivity index (χ0) is 20.6. The third kappa shape index (κ3) is 3.77. The van der Waals surface area contributed by atoms with E-state index >= 15 is 0 Å². The Balaban J connectivity index is 2.01. The van der Waals surface area contributed by atoms with Gasteiger partial charge in [-0.2, -0.15) is 5.10 Å². The van der Waals surface area contributed by atoms with Crippen LogP contribution in [-0.4, -0.2) is 45.5 Å². The summed E-state index contributed by atoms with van der Waals surface area (Å²) in [6.07, 6.45) is -0.262. The molecule has 3 rings (SSSR count). The van der Waals surface area contributed by atoms with E-state index in [1.807, 2.05) is 32.9 Å². The van der Waals surface area contributed by atoms with Gasteiger partial charge in [-0.3, -0.25) is 0 Å². The fraction of sp³-hybridized carbons (Fsp3) is 0.421. The molecule has 0 spiro atoms. The van der Waals surface area contributed by atoms with Crippen LogP contribution in [0.4, 0.5) is 10.6 Å². The van der Waals surface area contributed by atoms with Crippen LogP contribution in [0.15, 0.2) is 29.4 Å². The lowest BCUT2D eigenvalue weighted by atomic mass is 9.85. The number of carbonyl (C=O) groups is 1. The molecule has 28 heavy (non-hydrogen) atoms. The highest BCUT2D eigenvalue weighted by Gasteiger charge is 2.42. The second kappa shape index (κ2) is 7.35. The number of nitrogens with zero attached hydrogens (tertiary/aromatic N) is 3. The van der Waals surface area contributed by atoms with E-state index in [0.717, 1.165) is 10.8 Å². The van der Waals surface area contributed by atoms with Gasteiger partial charge in [-0.05, 0) is 29.4 Å². The molecule has 2 unspecified atom stereocenters. The molecular formula is C19H25ClN6O2. The minimum Gasteiger partial charge on any atom is -0.465 e. The lowest BCUT2D eigenvalue weighted by molar-refractivity contribution is 0.106. The third-order valence-electron chi connectivity index (χ3n) is 5.10. The van der Waals surface area contributed by atoms with Crippen molar-refractivity contribution in [1.29, 1.82) is 0 Å². The van der Waals surface area contributed by atoms with Crippen molar-refractivity contribution in [3.63, 3.8) is 0 Å². The number of anilines is 1. The van der Waals surface area contributed by atoms with Gasteiger partial charge in [-0.25, -0.2) is 9.78 Å². The number of aromatic nitrogens is 1. The highest BCUT2D eigenvalue weighted by Crippen LogP contribution is 2.36. The van der Waals surface area contributed by atoms with E-state index in [-0.39, 0.29) is 23.3 Å². The maximum Gasteiger partial charge on any atom is 0.407 e. The van der Waals surface area contributed by atoms with Crippen molar-refractivity contribution >= 4 is 40.1 Å². The van der Waals surface area contributed by atoms with E-state index in [0.29, 0.717) is 29.5 Å². The molecule has 1 amide bonds. The molecule has 8 nitrogen and oxygen atoms in total. The van der Waals surface area contributed by atoms with E-state index < -0.39 is 6.09 Å². The van der Waals surface area contributed by atoms with Crippen molar-refractivity contribution in [3.8, 4) is 0 Å². The van der Waals surface area contributed by atoms with Crippen molar-refractivity contribution < 1.29 is 9.90 Å². The molecule has 1 saturated heterocycles. The number of halogens is 1. The lowest BCUT2D eigenvalue weighted by Gasteiger charge is -2.32. The van der Waals surface area contributed by atoms with Crippen LogP contribution >= 0.6 is 11.6 Å². The Kier molecular flexibility index (Phi) is 5.25. The third-order valence-corrected chi connectivity index (χ3v) is 5.41. The molecular weight excluding hydrogens is 380 g/mol. The molecule has 0 aliphatic carbocycles. The normalized spacial score (nSPS) is 20.6. The maximum absolute atomic E-state index is 11.7. The van der Waals surface area contributed by atoms with Crippen LogP contribution in [0.5, 0.6) is 0 Å². The number of amidine groups is 1. The van der Waals surface area contributed by atoms with Crippen molar-refractivity contribution in [3.05, 3.63) is 35.0 Å². The van der Waals surface area contributed by atoms with Crippen LogP contribution in [0.25, 0.3) is 10.8 Å². The molecule has 9 heteroatoms. The molecule has 0 bridgehead atoms. The first-order valence-electron chi connectivity index (χ1n) is 9.01. The largest absolute Gasteiger partial charge is 0.465 e. The van der Waals surface area contributed by atoms with Crippen molar-refractivity contribution in [2.24, 2.45) is 22.1 Å². The van der Waals surface area contributed by atoms with Crippen LogP contribution in [0.2, 0.25) is 5.02 Å². The first-order valence-corrected chi connectivity index (χ1v) is 9.38. The van der Waals surface area contributed by atoms with Crippen LogP contribution in [0.3, 0.4) is 0 Å². The SMILES string of the molecule is CC(C)(C)C1CC(Nc2nc(C(N)=NN)cc3cccc(Cl)c23)CN1C(=O)O. The zero-order valence-electron chi connectivity index (χ0n) is 16.1. The van der Waals surface area contributed by atoms with E-state index in [4.69, 9.17) is 23.2 Å². The number of nitrogens with two attached hydrogens (primary N) is 2. The monoisotopic (exact) mass is 404 g/mol. The summed E-state index contributed by atoms with van der Waals surface area (Å²) >= 11 is 6.42. The Bertz CT molecular complexity index is 940. The number of nitrogens with one attached hydrogen (secondary N) is 1. The predicted octanol–water partition coefficient (Wildman–Crippen LogP) is 3.05. The summed E-state index contributed by atoms with van der Waals surface area (Å²) in [6.45, 7) is 6.48. The van der Waals surface area contributed by atoms with Crippen LogP contribution in [0, 0.1) is 5.41 Å². The summed E-state index contributed by atoms with van der Waals surface area (Å²) in [6, 6.07) is 7.08. The molecule has 2 atom stereocenters. The van der Waals surface area contributed by atoms with Gasteiger partial charge in [0.25, 0.3) is 0 Å². The molecule has 2 heterocycles. The average molecular weight is 405 g/mol. The summed E-state index contributed by atoms with van der Waals surface area (Å²) < 4.78 is 0. The van der Waals surface area contributed by atoms with Crippen molar-refractivity contribution in [1.82, 2.24) is 9.88 Å². The second-order valence-electron chi connectivity index (χ2n) is 8.10. The number of fused-ring (bicyclic) bond motifs is 1. The van der Waals surface area contributed by atoms with E-state index in [2.05, 4.69) is 15.4 Å². The summed E-state index contributed by atoms with van der Waals surface area (Å²) in [5.41, 5.74) is 6.11. The van der Waals surface area contributed by atoms with Crippen molar-refractivity contribution in [2.45, 2.75) is 39.3 Å². The standard InChI is InChI=1S/C19H25ClN6O2/c1-19(2,3)14-8-11(9-26(14)18(27)28)23-17-15-10(5-4-6-12(15)20)7-13(24-17)16(21)25-22/h4-7,11,14H,8-9,22H2,1-3H3,(H2,21,25)(H,23,24)(H,27,28). The van der Waals surface area contributed by atoms with Gasteiger partial charge in [0.2, 0.25) is 0 Å². The molecule has 1 aliphatic heterocycles. The van der Waals surface area contributed by atoms with Gasteiger partial charge in [0.1, 0.15) is 11.5 Å². The molecule has 6 N–H and O–H groups in total. The number of pyridine rings is 1. The van der Waals surface area contributed by atoms with Gasteiger partial charge >= 0.3 is 6.09 Å². The molecule has 1 aromatic carbocycles. The number of hydrogen-bond donors (Lipinski definition) is 4. The van der Waals surface area contributed by atoms with Gasteiger partial charge in [0.05, 0.1) is 5.02 Å². The van der Waals surface area contributed by atoms with Gasteiger partial charge < -0.3 is 26.9 Å². The number of amides is 1. The van der Waals surface area contributed by atoms with E-state index in [1.54, 1.807) is 12.1 Å². The number of rotatable bonds is 3. The smallest absolute Gasteiger partial charge is 0.407 e. The van der Waals surface area contributed by atoms with Gasteiger partial charge in [-0.1, -0.05) is 44.5 Å². The molecule has 0 radical (unpaired) electrons. The number of likely N-dealkylation sites (tertiary alicyclic amines) is 1. The Hall–Kier alpha value is -2.74. The Morgan fingerprint density at radius 2 is 2.14 bits per heavy atom. The highest BCUT2D eigenvalue weighted by molar-refractivity contribution is 6.36. The molecule has 1 fully saturated rings. The summed E-state index contributed by atoms with van der Waals surface area (Å²) in [5, 5.41) is 18.6.